The van der Waals surface area contributed by atoms with Crippen LogP contribution >= 0.6 is 23.1 Å². The van der Waals surface area contributed by atoms with Gasteiger partial charge in [-0.2, -0.15) is 0 Å². The molecule has 1 aromatic carbocycles. The van der Waals surface area contributed by atoms with Gasteiger partial charge >= 0.3 is 0 Å². The summed E-state index contributed by atoms with van der Waals surface area (Å²) < 4.78 is 0. The van der Waals surface area contributed by atoms with Crippen molar-refractivity contribution in [3.63, 3.8) is 0 Å². The van der Waals surface area contributed by atoms with Gasteiger partial charge in [0.05, 0.1) is 5.39 Å². The van der Waals surface area contributed by atoms with Gasteiger partial charge in [-0.15, -0.1) is 23.1 Å². The number of hydrogen-bond acceptors (Lipinski definition) is 4. The standard InChI is InChI=1S/C17H18N2S2/c1-3-4-9-20-16-15-14(10-21-17(15)19-11-18-16)13-7-5-12(2)6-8-13/h5-8,10-11H,3-4,9H2,1-2H3. The minimum atomic E-state index is 1.08. The summed E-state index contributed by atoms with van der Waals surface area (Å²) in [5.74, 6) is 1.12. The van der Waals surface area contributed by atoms with Crippen LogP contribution in [0.3, 0.4) is 0 Å². The van der Waals surface area contributed by atoms with Crippen molar-refractivity contribution in [1.82, 2.24) is 9.97 Å². The molecule has 2 heterocycles. The Morgan fingerprint density at radius 2 is 1.95 bits per heavy atom. The lowest BCUT2D eigenvalue weighted by molar-refractivity contribution is 0.895. The maximum atomic E-state index is 4.51. The van der Waals surface area contributed by atoms with Crippen LogP contribution in [-0.4, -0.2) is 15.7 Å². The lowest BCUT2D eigenvalue weighted by Gasteiger charge is -2.05. The van der Waals surface area contributed by atoms with E-state index in [-0.39, 0.29) is 0 Å². The maximum absolute atomic E-state index is 4.51. The van der Waals surface area contributed by atoms with Gasteiger partial charge in [0.25, 0.3) is 0 Å². The number of aryl methyl sites for hydroxylation is 1. The fraction of sp³-hybridized carbons (Fsp3) is 0.294. The number of unbranched alkanes of at least 4 members (excludes halogenated alkanes) is 1. The molecule has 0 spiro atoms. The lowest BCUT2D eigenvalue weighted by Crippen LogP contribution is -1.87. The number of aromatic nitrogens is 2. The van der Waals surface area contributed by atoms with Crippen LogP contribution in [0.15, 0.2) is 41.0 Å². The van der Waals surface area contributed by atoms with Crippen molar-refractivity contribution in [1.29, 1.82) is 0 Å². The second-order valence-corrected chi connectivity index (χ2v) is 7.02. The Morgan fingerprint density at radius 3 is 2.71 bits per heavy atom. The summed E-state index contributed by atoms with van der Waals surface area (Å²) in [5, 5.41) is 4.53. The normalized spacial score (nSPS) is 11.1. The van der Waals surface area contributed by atoms with E-state index >= 15 is 0 Å². The number of fused-ring (bicyclic) bond motifs is 1. The van der Waals surface area contributed by atoms with Crippen molar-refractivity contribution in [2.24, 2.45) is 0 Å². The fourth-order valence-corrected chi connectivity index (χ4v) is 4.30. The fourth-order valence-electron chi connectivity index (χ4n) is 2.22. The Balaban J connectivity index is 2.04. The Bertz CT molecular complexity index is 732. The van der Waals surface area contributed by atoms with Crippen molar-refractivity contribution >= 4 is 33.3 Å². The predicted molar refractivity (Wildman–Crippen MR) is 93.2 cm³/mol. The van der Waals surface area contributed by atoms with Crippen LogP contribution in [0, 0.1) is 6.92 Å². The minimum Gasteiger partial charge on any atom is -0.229 e. The van der Waals surface area contributed by atoms with Gasteiger partial charge in [0.1, 0.15) is 16.2 Å². The highest BCUT2D eigenvalue weighted by Gasteiger charge is 2.13. The molecule has 21 heavy (non-hydrogen) atoms. The van der Waals surface area contributed by atoms with Crippen LogP contribution < -0.4 is 0 Å². The molecule has 0 N–H and O–H groups in total. The average Bonchev–Trinajstić information content (AvgIpc) is 2.93. The molecule has 0 radical (unpaired) electrons. The highest BCUT2D eigenvalue weighted by atomic mass is 32.2. The van der Waals surface area contributed by atoms with Gasteiger partial charge in [0, 0.05) is 10.9 Å². The van der Waals surface area contributed by atoms with E-state index in [2.05, 4.69) is 53.5 Å². The lowest BCUT2D eigenvalue weighted by atomic mass is 10.1. The van der Waals surface area contributed by atoms with Gasteiger partial charge in [-0.3, -0.25) is 0 Å². The van der Waals surface area contributed by atoms with Crippen LogP contribution in [0.5, 0.6) is 0 Å². The smallest absolute Gasteiger partial charge is 0.128 e. The van der Waals surface area contributed by atoms with Gasteiger partial charge < -0.3 is 0 Å². The van der Waals surface area contributed by atoms with E-state index in [4.69, 9.17) is 0 Å². The maximum Gasteiger partial charge on any atom is 0.128 e. The molecule has 0 aliphatic rings. The third-order valence-electron chi connectivity index (χ3n) is 3.43. The van der Waals surface area contributed by atoms with E-state index in [9.17, 15) is 0 Å². The van der Waals surface area contributed by atoms with E-state index in [0.29, 0.717) is 0 Å². The summed E-state index contributed by atoms with van der Waals surface area (Å²) in [6.45, 7) is 4.34. The monoisotopic (exact) mass is 314 g/mol. The molecule has 2 nitrogen and oxygen atoms in total. The Morgan fingerprint density at radius 1 is 1.14 bits per heavy atom. The third-order valence-corrected chi connectivity index (χ3v) is 5.40. The molecule has 2 aromatic heterocycles. The van der Waals surface area contributed by atoms with Crippen LogP contribution in [-0.2, 0) is 0 Å². The van der Waals surface area contributed by atoms with Gasteiger partial charge in [-0.1, -0.05) is 43.2 Å². The Hall–Kier alpha value is -1.39. The van der Waals surface area contributed by atoms with Crippen molar-refractivity contribution in [3.05, 3.63) is 41.5 Å². The molecule has 0 amide bonds. The summed E-state index contributed by atoms with van der Waals surface area (Å²) in [6, 6.07) is 8.69. The predicted octanol–water partition coefficient (Wildman–Crippen LogP) is 5.56. The SMILES string of the molecule is CCCCSc1ncnc2scc(-c3ccc(C)cc3)c12. The second-order valence-electron chi connectivity index (χ2n) is 5.08. The molecule has 0 saturated heterocycles. The van der Waals surface area contributed by atoms with E-state index in [1.807, 2.05) is 11.8 Å². The second kappa shape index (κ2) is 6.58. The molecule has 4 heteroatoms. The summed E-state index contributed by atoms with van der Waals surface area (Å²) in [7, 11) is 0. The Kier molecular flexibility index (Phi) is 4.56. The number of benzene rings is 1. The zero-order valence-electron chi connectivity index (χ0n) is 12.3. The zero-order chi connectivity index (χ0) is 14.7. The molecule has 0 saturated carbocycles. The molecule has 3 rings (SSSR count). The van der Waals surface area contributed by atoms with Crippen LogP contribution in [0.25, 0.3) is 21.3 Å². The van der Waals surface area contributed by atoms with Crippen LogP contribution in [0.4, 0.5) is 0 Å². The first kappa shape index (κ1) is 14.5. The van der Waals surface area contributed by atoms with Crippen molar-refractivity contribution < 1.29 is 0 Å². The van der Waals surface area contributed by atoms with Crippen LogP contribution in [0.1, 0.15) is 25.3 Å². The quantitative estimate of drug-likeness (QED) is 0.350. The highest BCUT2D eigenvalue weighted by molar-refractivity contribution is 7.99. The highest BCUT2D eigenvalue weighted by Crippen LogP contribution is 2.38. The summed E-state index contributed by atoms with van der Waals surface area (Å²) in [5.41, 5.74) is 3.79. The average molecular weight is 314 g/mol. The van der Waals surface area contributed by atoms with Gasteiger partial charge in [-0.05, 0) is 24.7 Å². The van der Waals surface area contributed by atoms with E-state index in [1.54, 1.807) is 17.7 Å². The molecule has 0 atom stereocenters. The molecular formula is C17H18N2S2. The van der Waals surface area contributed by atoms with Gasteiger partial charge in [-0.25, -0.2) is 9.97 Å². The first-order valence-electron chi connectivity index (χ1n) is 7.21. The van der Waals surface area contributed by atoms with Crippen LogP contribution in [0.2, 0.25) is 0 Å². The van der Waals surface area contributed by atoms with Gasteiger partial charge in [0.2, 0.25) is 0 Å². The first-order valence-corrected chi connectivity index (χ1v) is 9.08. The van der Waals surface area contributed by atoms with Crippen molar-refractivity contribution in [3.8, 4) is 11.1 Å². The summed E-state index contributed by atoms with van der Waals surface area (Å²) in [6.07, 6.45) is 4.13. The topological polar surface area (TPSA) is 25.8 Å². The molecule has 3 aromatic rings. The van der Waals surface area contributed by atoms with E-state index in [1.165, 1.54) is 34.9 Å². The minimum absolute atomic E-state index is 1.08. The molecule has 0 aliphatic heterocycles. The number of hydrogen-bond donors (Lipinski definition) is 0. The van der Waals surface area contributed by atoms with Crippen molar-refractivity contribution in [2.45, 2.75) is 31.7 Å². The van der Waals surface area contributed by atoms with E-state index < -0.39 is 0 Å². The number of thiophene rings is 1. The number of nitrogens with zero attached hydrogens (tertiary/aromatic N) is 2. The summed E-state index contributed by atoms with van der Waals surface area (Å²) in [4.78, 5) is 10.0. The molecule has 0 aliphatic carbocycles. The number of thioether (sulfide) groups is 1. The summed E-state index contributed by atoms with van der Waals surface area (Å²) >= 11 is 3.55. The molecular weight excluding hydrogens is 296 g/mol. The molecule has 108 valence electrons. The molecule has 0 unspecified atom stereocenters. The number of rotatable bonds is 5. The Labute approximate surface area is 133 Å². The molecule has 0 bridgehead atoms. The van der Waals surface area contributed by atoms with Crippen molar-refractivity contribution in [2.75, 3.05) is 5.75 Å². The molecule has 0 fully saturated rings. The van der Waals surface area contributed by atoms with Gasteiger partial charge in [0.15, 0.2) is 0 Å². The van der Waals surface area contributed by atoms with E-state index in [0.717, 1.165) is 15.6 Å². The third kappa shape index (κ3) is 3.11. The largest absolute Gasteiger partial charge is 0.229 e. The zero-order valence-corrected chi connectivity index (χ0v) is 13.9. The first-order chi connectivity index (χ1) is 10.3.